The third kappa shape index (κ3) is 5.59. The van der Waals surface area contributed by atoms with Crippen LogP contribution in [0.3, 0.4) is 0 Å². The summed E-state index contributed by atoms with van der Waals surface area (Å²) >= 11 is 0. The van der Waals surface area contributed by atoms with E-state index in [9.17, 15) is 0 Å². The van der Waals surface area contributed by atoms with Crippen molar-refractivity contribution in [3.63, 3.8) is 0 Å². The van der Waals surface area contributed by atoms with Crippen molar-refractivity contribution in [2.45, 2.75) is 53.4 Å². The largest absolute Gasteiger partial charge is 0.372 e. The lowest BCUT2D eigenvalue weighted by molar-refractivity contribution is -0.521. The molecule has 0 atom stereocenters. The molecule has 0 amide bonds. The summed E-state index contributed by atoms with van der Waals surface area (Å²) in [7, 11) is 0. The minimum Gasteiger partial charge on any atom is -0.372 e. The van der Waals surface area contributed by atoms with E-state index >= 15 is 0 Å². The van der Waals surface area contributed by atoms with Gasteiger partial charge >= 0.3 is 0 Å². The highest BCUT2D eigenvalue weighted by Gasteiger charge is 2.15. The molecule has 29 heavy (non-hydrogen) atoms. The van der Waals surface area contributed by atoms with Gasteiger partial charge in [0.05, 0.1) is 0 Å². The first-order chi connectivity index (χ1) is 14.2. The number of hydrogen-bond acceptors (Lipinski definition) is 1. The lowest BCUT2D eigenvalue weighted by Gasteiger charge is -2.20. The molecule has 0 heterocycles. The Balaban J connectivity index is 1.68. The molecule has 0 fully saturated rings. The minimum atomic E-state index is 1.06. The van der Waals surface area contributed by atoms with Gasteiger partial charge < -0.3 is 4.90 Å². The molecule has 0 radical (unpaired) electrons. The molecular formula is C27H37N2+. The van der Waals surface area contributed by atoms with Crippen LogP contribution >= 0.6 is 0 Å². The van der Waals surface area contributed by atoms with E-state index in [4.69, 9.17) is 0 Å². The first kappa shape index (κ1) is 21.4. The van der Waals surface area contributed by atoms with Crippen molar-refractivity contribution < 1.29 is 4.58 Å². The highest BCUT2D eigenvalue weighted by atomic mass is 15.1. The highest BCUT2D eigenvalue weighted by molar-refractivity contribution is 5.92. The van der Waals surface area contributed by atoms with Gasteiger partial charge in [-0.2, -0.15) is 0 Å². The average molecular weight is 390 g/mol. The smallest absolute Gasteiger partial charge is 0.176 e. The summed E-state index contributed by atoms with van der Waals surface area (Å²) in [6.45, 7) is 13.2. The Morgan fingerprint density at radius 3 is 2.07 bits per heavy atom. The second kappa shape index (κ2) is 10.4. The zero-order chi connectivity index (χ0) is 20.6. The zero-order valence-corrected chi connectivity index (χ0v) is 18.7. The van der Waals surface area contributed by atoms with Crippen molar-refractivity contribution in [1.29, 1.82) is 0 Å². The molecule has 0 unspecified atom stereocenters. The van der Waals surface area contributed by atoms with Gasteiger partial charge in [0.2, 0.25) is 0 Å². The third-order valence-electron chi connectivity index (χ3n) is 6.15. The second-order valence-electron chi connectivity index (χ2n) is 7.92. The molecule has 1 aromatic rings. The molecule has 2 aliphatic carbocycles. The second-order valence-corrected chi connectivity index (χ2v) is 7.92. The maximum Gasteiger partial charge on any atom is 0.176 e. The topological polar surface area (TPSA) is 6.25 Å². The van der Waals surface area contributed by atoms with E-state index in [0.29, 0.717) is 0 Å². The Morgan fingerprint density at radius 1 is 0.793 bits per heavy atom. The van der Waals surface area contributed by atoms with E-state index in [1.165, 1.54) is 40.1 Å². The van der Waals surface area contributed by atoms with Gasteiger partial charge in [-0.3, -0.25) is 0 Å². The van der Waals surface area contributed by atoms with Gasteiger partial charge in [0.25, 0.3) is 0 Å². The fraction of sp³-hybridized carbons (Fsp3) is 0.444. The van der Waals surface area contributed by atoms with Gasteiger partial charge in [0, 0.05) is 31.3 Å². The number of rotatable bonds is 7. The van der Waals surface area contributed by atoms with Crippen LogP contribution in [0.25, 0.3) is 6.08 Å². The van der Waals surface area contributed by atoms with Crippen LogP contribution < -0.4 is 4.90 Å². The lowest BCUT2D eigenvalue weighted by Crippen LogP contribution is -2.21. The maximum atomic E-state index is 2.47. The van der Waals surface area contributed by atoms with Crippen LogP contribution in [0.4, 0.5) is 5.69 Å². The van der Waals surface area contributed by atoms with Crippen molar-refractivity contribution in [3.8, 4) is 0 Å². The van der Waals surface area contributed by atoms with Gasteiger partial charge in [0.1, 0.15) is 13.1 Å². The molecule has 0 bridgehead atoms. The number of hydrogen-bond donors (Lipinski definition) is 0. The average Bonchev–Trinajstić information content (AvgIpc) is 3.19. The predicted octanol–water partition coefficient (Wildman–Crippen LogP) is 6.41. The number of allylic oxidation sites excluding steroid dienone is 7. The third-order valence-corrected chi connectivity index (χ3v) is 6.15. The molecule has 0 saturated carbocycles. The summed E-state index contributed by atoms with van der Waals surface area (Å²) in [5.74, 6) is 0. The van der Waals surface area contributed by atoms with Gasteiger partial charge in [-0.1, -0.05) is 36.4 Å². The summed E-state index contributed by atoms with van der Waals surface area (Å²) in [5, 5.41) is 0. The van der Waals surface area contributed by atoms with Crippen LogP contribution in [0.5, 0.6) is 0 Å². The molecular weight excluding hydrogens is 352 g/mol. The fourth-order valence-corrected chi connectivity index (χ4v) is 4.38. The normalized spacial score (nSPS) is 19.2. The number of anilines is 1. The molecule has 154 valence electrons. The van der Waals surface area contributed by atoms with E-state index in [0.717, 1.165) is 45.4 Å². The van der Waals surface area contributed by atoms with Crippen molar-refractivity contribution in [2.75, 3.05) is 31.1 Å². The number of nitrogens with zero attached hydrogens (tertiary/aromatic N) is 2. The van der Waals surface area contributed by atoms with E-state index in [1.807, 2.05) is 0 Å². The summed E-state index contributed by atoms with van der Waals surface area (Å²) in [6, 6.07) is 8.99. The monoisotopic (exact) mass is 389 g/mol. The molecule has 0 aliphatic heterocycles. The van der Waals surface area contributed by atoms with Gasteiger partial charge in [-0.15, -0.1) is 0 Å². The molecule has 2 aliphatic rings. The van der Waals surface area contributed by atoms with E-state index < -0.39 is 0 Å². The zero-order valence-electron chi connectivity index (χ0n) is 18.7. The fourth-order valence-electron chi connectivity index (χ4n) is 4.38. The number of benzene rings is 1. The summed E-state index contributed by atoms with van der Waals surface area (Å²) < 4.78 is 2.47. The Hall–Kier alpha value is -2.35. The van der Waals surface area contributed by atoms with E-state index in [1.54, 1.807) is 0 Å². The molecule has 0 aromatic heterocycles. The molecule has 1 aromatic carbocycles. The summed E-state index contributed by atoms with van der Waals surface area (Å²) in [4.78, 5) is 2.39. The predicted molar refractivity (Wildman–Crippen MR) is 128 cm³/mol. The lowest BCUT2D eigenvalue weighted by atomic mass is 9.98. The van der Waals surface area contributed by atoms with Crippen LogP contribution in [-0.2, 0) is 0 Å². The SMILES string of the molecule is CCN(CC)c1ccc(/C=C2C=C(/C=C3\C=CC(=[N+](CC)CC)CC3)CC/2)cc1. The molecule has 3 rings (SSSR count). The molecule has 2 nitrogen and oxygen atoms in total. The Kier molecular flexibility index (Phi) is 7.69. The Labute approximate surface area is 177 Å². The van der Waals surface area contributed by atoms with Crippen molar-refractivity contribution in [2.24, 2.45) is 0 Å². The van der Waals surface area contributed by atoms with E-state index in [2.05, 4.69) is 91.8 Å². The quantitative estimate of drug-likeness (QED) is 0.489. The van der Waals surface area contributed by atoms with Gasteiger partial charge in [0.15, 0.2) is 5.71 Å². The van der Waals surface area contributed by atoms with Gasteiger partial charge in [-0.25, -0.2) is 4.58 Å². The summed E-state index contributed by atoms with van der Waals surface area (Å²) in [5.41, 5.74) is 8.49. The first-order valence-corrected chi connectivity index (χ1v) is 11.4. The molecule has 0 spiro atoms. The van der Waals surface area contributed by atoms with Gasteiger partial charge in [-0.05, 0) is 81.4 Å². The van der Waals surface area contributed by atoms with Crippen molar-refractivity contribution >= 4 is 17.5 Å². The van der Waals surface area contributed by atoms with Crippen LogP contribution in [-0.4, -0.2) is 36.5 Å². The Bertz CT molecular complexity index is 837. The van der Waals surface area contributed by atoms with E-state index in [-0.39, 0.29) is 0 Å². The highest BCUT2D eigenvalue weighted by Crippen LogP contribution is 2.29. The first-order valence-electron chi connectivity index (χ1n) is 11.4. The van der Waals surface area contributed by atoms with Crippen LogP contribution in [0, 0.1) is 0 Å². The van der Waals surface area contributed by atoms with Crippen molar-refractivity contribution in [3.05, 3.63) is 70.9 Å². The molecule has 0 saturated heterocycles. The maximum absolute atomic E-state index is 2.47. The standard InChI is InChI=1S/C27H37N2/c1-5-28(6-2)26-15-11-22(12-16-26)19-24-9-10-25(21-24)20-23-13-17-27(18-14-23)29(7-3)8-4/h11-13,15-17,19-21H,5-10,14,18H2,1-4H3/q+1. The summed E-state index contributed by atoms with van der Waals surface area (Å²) in [6.07, 6.45) is 16.4. The van der Waals surface area contributed by atoms with Crippen LogP contribution in [0.1, 0.15) is 58.9 Å². The van der Waals surface area contributed by atoms with Crippen LogP contribution in [0.15, 0.2) is 65.3 Å². The van der Waals surface area contributed by atoms with Crippen molar-refractivity contribution in [1.82, 2.24) is 0 Å². The molecule has 2 heteroatoms. The minimum absolute atomic E-state index is 1.06. The van der Waals surface area contributed by atoms with Crippen LogP contribution in [0.2, 0.25) is 0 Å². The Morgan fingerprint density at radius 2 is 1.48 bits per heavy atom. The molecule has 0 N–H and O–H groups in total.